The van der Waals surface area contributed by atoms with Gasteiger partial charge in [0.2, 0.25) is 0 Å². The fourth-order valence-corrected chi connectivity index (χ4v) is 1.14. The zero-order valence-corrected chi connectivity index (χ0v) is 8.30. The first-order valence-corrected chi connectivity index (χ1v) is 4.14. The molecule has 0 aliphatic heterocycles. The molecule has 0 bridgehead atoms. The van der Waals surface area contributed by atoms with Gasteiger partial charge in [0.15, 0.2) is 11.3 Å². The third-order valence-corrected chi connectivity index (χ3v) is 1.85. The Morgan fingerprint density at radius 2 is 2.29 bits per heavy atom. The van der Waals surface area contributed by atoms with Crippen LogP contribution in [-0.4, -0.2) is 35.4 Å². The minimum Gasteiger partial charge on any atom is -0.261 e. The summed E-state index contributed by atoms with van der Waals surface area (Å²) in [5, 5.41) is 15.6. The van der Waals surface area contributed by atoms with Crippen molar-refractivity contribution in [3.8, 4) is 0 Å². The maximum Gasteiger partial charge on any atom is 0.356 e. The van der Waals surface area contributed by atoms with E-state index in [2.05, 4.69) is 20.1 Å². The number of hydrogen-bond acceptors (Lipinski definition) is 8. The summed E-state index contributed by atoms with van der Waals surface area (Å²) < 4.78 is 1.83. The Morgan fingerprint density at radius 1 is 1.59 bits per heavy atom. The molecule has 2 heterocycles. The summed E-state index contributed by atoms with van der Waals surface area (Å²) in [5.74, 6) is -1.32. The van der Waals surface area contributed by atoms with Crippen molar-refractivity contribution in [3.63, 3.8) is 0 Å². The monoisotopic (exact) mass is 240 g/mol. The highest BCUT2D eigenvalue weighted by Gasteiger charge is 2.20. The molecule has 0 saturated carbocycles. The third-order valence-electron chi connectivity index (χ3n) is 1.85. The molecule has 88 valence electrons. The van der Waals surface area contributed by atoms with Gasteiger partial charge in [-0.05, 0) is 0 Å². The fraction of sp³-hybridized carbons (Fsp3) is 0.167. The summed E-state index contributed by atoms with van der Waals surface area (Å²) >= 11 is 0. The van der Waals surface area contributed by atoms with E-state index < -0.39 is 22.4 Å². The smallest absolute Gasteiger partial charge is 0.261 e. The Bertz CT molecular complexity index is 671. The summed E-state index contributed by atoms with van der Waals surface area (Å²) in [6.07, 6.45) is 1.00. The molecule has 0 N–H and O–H groups in total. The molecule has 0 fully saturated rings. The van der Waals surface area contributed by atoms with Crippen LogP contribution in [0.15, 0.2) is 11.1 Å². The first-order chi connectivity index (χ1) is 8.00. The van der Waals surface area contributed by atoms with Gasteiger partial charge in [0.25, 0.3) is 0 Å². The number of carbonyl (C=O) groups excluding carboxylic acids is 1. The minimum absolute atomic E-state index is 0.208. The molecule has 0 aliphatic carbocycles. The number of rotatable bonds is 2. The van der Waals surface area contributed by atoms with E-state index in [0.29, 0.717) is 0 Å². The maximum atomic E-state index is 11.5. The van der Waals surface area contributed by atoms with E-state index in [-0.39, 0.29) is 5.65 Å². The standard InChI is InChI=1S/C6H4N6O5/c1-10-6(14)11-2-7-3(4(11)8-9-10)5(13)17-12(15)16/h2H,1H3. The molecule has 0 aliphatic rings. The van der Waals surface area contributed by atoms with E-state index in [1.54, 1.807) is 0 Å². The van der Waals surface area contributed by atoms with Crippen molar-refractivity contribution in [3.05, 3.63) is 32.6 Å². The molecule has 2 aromatic rings. The largest absolute Gasteiger partial charge is 0.356 e. The van der Waals surface area contributed by atoms with E-state index in [0.717, 1.165) is 15.4 Å². The summed E-state index contributed by atoms with van der Waals surface area (Å²) in [6, 6.07) is 0. The average molecular weight is 240 g/mol. The zero-order chi connectivity index (χ0) is 12.6. The van der Waals surface area contributed by atoms with Crippen molar-refractivity contribution in [2.24, 2.45) is 7.05 Å². The molecule has 2 rings (SSSR count). The van der Waals surface area contributed by atoms with Gasteiger partial charge in [0.1, 0.15) is 6.33 Å². The van der Waals surface area contributed by atoms with E-state index in [9.17, 15) is 19.7 Å². The highest BCUT2D eigenvalue weighted by Crippen LogP contribution is 2.04. The van der Waals surface area contributed by atoms with Gasteiger partial charge < -0.3 is 0 Å². The van der Waals surface area contributed by atoms with Gasteiger partial charge >= 0.3 is 16.7 Å². The summed E-state index contributed by atoms with van der Waals surface area (Å²) in [5.41, 5.74) is -1.26. The molecule has 0 saturated heterocycles. The maximum absolute atomic E-state index is 11.5. The van der Waals surface area contributed by atoms with Gasteiger partial charge in [-0.1, -0.05) is 5.21 Å². The van der Waals surface area contributed by atoms with Crippen LogP contribution in [0.5, 0.6) is 0 Å². The van der Waals surface area contributed by atoms with Gasteiger partial charge in [-0.3, -0.25) is 4.79 Å². The summed E-state index contributed by atoms with van der Waals surface area (Å²) in [6.45, 7) is 0. The number of carbonyl (C=O) groups is 1. The van der Waals surface area contributed by atoms with Crippen molar-refractivity contribution in [2.45, 2.75) is 0 Å². The van der Waals surface area contributed by atoms with Crippen LogP contribution >= 0.6 is 0 Å². The molecule has 0 amide bonds. The molecule has 17 heavy (non-hydrogen) atoms. The molecule has 11 nitrogen and oxygen atoms in total. The number of imidazole rings is 1. The van der Waals surface area contributed by atoms with E-state index in [4.69, 9.17) is 0 Å². The molecule has 0 atom stereocenters. The Hall–Kier alpha value is -2.85. The van der Waals surface area contributed by atoms with Crippen molar-refractivity contribution in [1.29, 1.82) is 0 Å². The van der Waals surface area contributed by atoms with Crippen LogP contribution in [0.25, 0.3) is 5.65 Å². The van der Waals surface area contributed by atoms with Crippen molar-refractivity contribution in [2.75, 3.05) is 0 Å². The van der Waals surface area contributed by atoms with Gasteiger partial charge in [-0.15, -0.1) is 15.2 Å². The highest BCUT2D eigenvalue weighted by molar-refractivity contribution is 5.93. The Morgan fingerprint density at radius 3 is 2.94 bits per heavy atom. The van der Waals surface area contributed by atoms with Crippen LogP contribution in [0.3, 0.4) is 0 Å². The van der Waals surface area contributed by atoms with E-state index in [1.807, 2.05) is 0 Å². The lowest BCUT2D eigenvalue weighted by Crippen LogP contribution is -2.27. The first kappa shape index (κ1) is 10.7. The molecule has 2 aromatic heterocycles. The van der Waals surface area contributed by atoms with Gasteiger partial charge in [0, 0.05) is 7.05 Å². The predicted molar refractivity (Wildman–Crippen MR) is 48.4 cm³/mol. The van der Waals surface area contributed by atoms with Crippen molar-refractivity contribution >= 4 is 11.6 Å². The van der Waals surface area contributed by atoms with Crippen LogP contribution < -0.4 is 5.69 Å². The number of nitrogens with zero attached hydrogens (tertiary/aromatic N) is 6. The Kier molecular flexibility index (Phi) is 2.27. The van der Waals surface area contributed by atoms with Crippen LogP contribution in [-0.2, 0) is 11.9 Å². The topological polar surface area (TPSA) is 135 Å². The quantitative estimate of drug-likeness (QED) is 0.441. The lowest BCUT2D eigenvalue weighted by atomic mass is 10.5. The molecule has 0 spiro atoms. The van der Waals surface area contributed by atoms with Crippen LogP contribution in [0, 0.1) is 10.1 Å². The SMILES string of the molecule is Cn1nnc2c(C(=O)O[N+](=O)[O-])ncn2c1=O. The molecular weight excluding hydrogens is 236 g/mol. The minimum atomic E-state index is -1.32. The molecule has 0 unspecified atom stereocenters. The second-order valence-electron chi connectivity index (χ2n) is 2.88. The Balaban J connectivity index is 2.58. The third kappa shape index (κ3) is 1.68. The molecule has 0 radical (unpaired) electrons. The summed E-state index contributed by atoms with van der Waals surface area (Å²) in [4.78, 5) is 39.9. The lowest BCUT2D eigenvalue weighted by molar-refractivity contribution is -0.727. The Labute approximate surface area is 91.3 Å². The number of aryl methyl sites for hydroxylation is 1. The predicted octanol–water partition coefficient (Wildman–Crippen LogP) is -1.83. The fourth-order valence-electron chi connectivity index (χ4n) is 1.14. The number of aromatic nitrogens is 5. The van der Waals surface area contributed by atoms with Crippen molar-refractivity contribution < 1.29 is 14.7 Å². The van der Waals surface area contributed by atoms with E-state index in [1.165, 1.54) is 7.05 Å². The second kappa shape index (κ2) is 3.62. The first-order valence-electron chi connectivity index (χ1n) is 4.14. The molecule has 11 heteroatoms. The zero-order valence-electron chi connectivity index (χ0n) is 8.30. The number of fused-ring (bicyclic) bond motifs is 1. The van der Waals surface area contributed by atoms with Crippen LogP contribution in [0.4, 0.5) is 0 Å². The average Bonchev–Trinajstić information content (AvgIpc) is 2.67. The van der Waals surface area contributed by atoms with Crippen LogP contribution in [0.2, 0.25) is 0 Å². The molecule has 0 aromatic carbocycles. The summed E-state index contributed by atoms with van der Waals surface area (Å²) in [7, 11) is 1.35. The molecular formula is C6H4N6O5. The second-order valence-corrected chi connectivity index (χ2v) is 2.88. The van der Waals surface area contributed by atoms with Crippen LogP contribution in [0.1, 0.15) is 10.5 Å². The highest BCUT2D eigenvalue weighted by atomic mass is 17.0. The normalized spacial score (nSPS) is 10.4. The lowest BCUT2D eigenvalue weighted by Gasteiger charge is -1.96. The van der Waals surface area contributed by atoms with E-state index >= 15 is 0 Å². The van der Waals surface area contributed by atoms with Gasteiger partial charge in [-0.25, -0.2) is 19.0 Å². The van der Waals surface area contributed by atoms with Gasteiger partial charge in [0.05, 0.1) is 0 Å². The van der Waals surface area contributed by atoms with Gasteiger partial charge in [-0.2, -0.15) is 4.68 Å². The number of hydrogen-bond donors (Lipinski definition) is 0. The van der Waals surface area contributed by atoms with Crippen molar-refractivity contribution in [1.82, 2.24) is 24.4 Å².